The highest BCUT2D eigenvalue weighted by Crippen LogP contribution is 2.30. The summed E-state index contributed by atoms with van der Waals surface area (Å²) in [4.78, 5) is 25.3. The minimum atomic E-state index is -0.738. The van der Waals surface area contributed by atoms with E-state index in [1.165, 1.54) is 19.3 Å². The Morgan fingerprint density at radius 1 is 0.960 bits per heavy atom. The zero-order valence-electron chi connectivity index (χ0n) is 14.9. The average molecular weight is 343 g/mol. The maximum absolute atomic E-state index is 12.9. The summed E-state index contributed by atoms with van der Waals surface area (Å²) in [5.41, 5.74) is 0.308. The Labute approximate surface area is 150 Å². The zero-order chi connectivity index (χ0) is 17.5. The zero-order valence-corrected chi connectivity index (χ0v) is 14.9. The highest BCUT2D eigenvalue weighted by Gasteiger charge is 2.43. The third-order valence-corrected chi connectivity index (χ3v) is 5.48. The van der Waals surface area contributed by atoms with Crippen molar-refractivity contribution >= 4 is 11.9 Å². The maximum Gasteiger partial charge on any atom is 0.315 e. The molecule has 2 aliphatic carbocycles. The van der Waals surface area contributed by atoms with Crippen LogP contribution in [0.2, 0.25) is 0 Å². The second kappa shape index (κ2) is 8.37. The first-order valence-electron chi connectivity index (χ1n) is 9.59. The highest BCUT2D eigenvalue weighted by molar-refractivity contribution is 5.91. The van der Waals surface area contributed by atoms with Gasteiger partial charge in [0.25, 0.3) is 0 Å². The van der Waals surface area contributed by atoms with E-state index in [0.29, 0.717) is 6.54 Å². The molecular weight excluding hydrogens is 314 g/mol. The molecule has 1 aromatic rings. The lowest BCUT2D eigenvalue weighted by Crippen LogP contribution is -2.60. The number of hydrogen-bond acceptors (Lipinski definition) is 2. The molecule has 2 saturated carbocycles. The van der Waals surface area contributed by atoms with Crippen LogP contribution in [0.5, 0.6) is 0 Å². The minimum Gasteiger partial charge on any atom is -0.351 e. The fraction of sp³-hybridized carbons (Fsp3) is 0.600. The fourth-order valence-electron chi connectivity index (χ4n) is 4.00. The quantitative estimate of drug-likeness (QED) is 0.768. The van der Waals surface area contributed by atoms with Crippen LogP contribution in [0, 0.1) is 0 Å². The molecule has 3 amide bonds. The Balaban J connectivity index is 1.55. The van der Waals surface area contributed by atoms with E-state index >= 15 is 0 Å². The van der Waals surface area contributed by atoms with Crippen LogP contribution < -0.4 is 16.0 Å². The summed E-state index contributed by atoms with van der Waals surface area (Å²) in [5, 5.41) is 9.07. The van der Waals surface area contributed by atoms with Crippen LogP contribution in [0.15, 0.2) is 30.3 Å². The summed E-state index contributed by atoms with van der Waals surface area (Å²) in [7, 11) is 0. The SMILES string of the molecule is O=C(NCc1ccccc1)NC1(C(=O)NC2CCCCC2)CCCC1. The normalized spacial score (nSPS) is 20.0. The van der Waals surface area contributed by atoms with Crippen molar-refractivity contribution in [3.8, 4) is 0 Å². The van der Waals surface area contributed by atoms with E-state index in [4.69, 9.17) is 0 Å². The standard InChI is InChI=1S/C20H29N3O2/c24-18(22-17-11-5-2-6-12-17)20(13-7-8-14-20)23-19(25)21-15-16-9-3-1-4-10-16/h1,3-4,9-10,17H,2,5-8,11-15H2,(H,22,24)(H2,21,23,25). The third kappa shape index (κ3) is 4.74. The Hall–Kier alpha value is -2.04. The summed E-state index contributed by atoms with van der Waals surface area (Å²) in [5.74, 6) is 0.00626. The van der Waals surface area contributed by atoms with Crippen LogP contribution in [0.25, 0.3) is 0 Å². The molecule has 25 heavy (non-hydrogen) atoms. The van der Waals surface area contributed by atoms with Crippen molar-refractivity contribution in [3.05, 3.63) is 35.9 Å². The summed E-state index contributed by atoms with van der Waals surface area (Å²) < 4.78 is 0. The minimum absolute atomic E-state index is 0.00626. The molecule has 0 spiro atoms. The van der Waals surface area contributed by atoms with Crippen molar-refractivity contribution < 1.29 is 9.59 Å². The monoisotopic (exact) mass is 343 g/mol. The fourth-order valence-corrected chi connectivity index (χ4v) is 4.00. The van der Waals surface area contributed by atoms with Crippen LogP contribution in [-0.2, 0) is 11.3 Å². The molecule has 1 aromatic carbocycles. The highest BCUT2D eigenvalue weighted by atomic mass is 16.2. The number of rotatable bonds is 5. The number of carbonyl (C=O) groups is 2. The number of nitrogens with one attached hydrogen (secondary N) is 3. The average Bonchev–Trinajstić information content (AvgIpc) is 3.11. The molecule has 5 heteroatoms. The third-order valence-electron chi connectivity index (χ3n) is 5.48. The van der Waals surface area contributed by atoms with Crippen LogP contribution in [-0.4, -0.2) is 23.5 Å². The summed E-state index contributed by atoms with van der Waals surface area (Å²) >= 11 is 0. The lowest BCUT2D eigenvalue weighted by atomic mass is 9.92. The molecule has 0 unspecified atom stereocenters. The van der Waals surface area contributed by atoms with Crippen LogP contribution in [0.3, 0.4) is 0 Å². The van der Waals surface area contributed by atoms with Gasteiger partial charge in [-0.25, -0.2) is 4.79 Å². The van der Waals surface area contributed by atoms with Gasteiger partial charge >= 0.3 is 6.03 Å². The molecule has 0 aromatic heterocycles. The summed E-state index contributed by atoms with van der Waals surface area (Å²) in [6.07, 6.45) is 9.16. The molecule has 0 bridgehead atoms. The largest absolute Gasteiger partial charge is 0.351 e. The van der Waals surface area contributed by atoms with Crippen molar-refractivity contribution in [1.29, 1.82) is 0 Å². The van der Waals surface area contributed by atoms with E-state index in [-0.39, 0.29) is 18.0 Å². The Kier molecular flexibility index (Phi) is 5.95. The van der Waals surface area contributed by atoms with Gasteiger partial charge < -0.3 is 16.0 Å². The molecule has 0 aliphatic heterocycles. The predicted octanol–water partition coefficient (Wildman–Crippen LogP) is 3.25. The first-order chi connectivity index (χ1) is 12.2. The Morgan fingerprint density at radius 2 is 1.64 bits per heavy atom. The van der Waals surface area contributed by atoms with Crippen molar-refractivity contribution in [2.45, 2.75) is 75.9 Å². The van der Waals surface area contributed by atoms with Gasteiger partial charge in [0.05, 0.1) is 0 Å². The van der Waals surface area contributed by atoms with Crippen molar-refractivity contribution in [2.24, 2.45) is 0 Å². The van der Waals surface area contributed by atoms with E-state index < -0.39 is 5.54 Å². The lowest BCUT2D eigenvalue weighted by Gasteiger charge is -2.32. The number of carbonyl (C=O) groups excluding carboxylic acids is 2. The van der Waals surface area contributed by atoms with Crippen LogP contribution >= 0.6 is 0 Å². The maximum atomic E-state index is 12.9. The van der Waals surface area contributed by atoms with Crippen LogP contribution in [0.1, 0.15) is 63.4 Å². The second-order valence-electron chi connectivity index (χ2n) is 7.39. The molecule has 136 valence electrons. The molecule has 0 radical (unpaired) electrons. The van der Waals surface area contributed by atoms with Crippen LogP contribution in [0.4, 0.5) is 4.79 Å². The Morgan fingerprint density at radius 3 is 2.32 bits per heavy atom. The smallest absolute Gasteiger partial charge is 0.315 e. The molecule has 0 atom stereocenters. The van der Waals surface area contributed by atoms with Gasteiger partial charge in [0.1, 0.15) is 5.54 Å². The van der Waals surface area contributed by atoms with Gasteiger partial charge in [-0.1, -0.05) is 62.4 Å². The molecule has 2 fully saturated rings. The van der Waals surface area contributed by atoms with Gasteiger partial charge in [-0.05, 0) is 31.2 Å². The van der Waals surface area contributed by atoms with Gasteiger partial charge in [0.2, 0.25) is 5.91 Å². The van der Waals surface area contributed by atoms with E-state index in [0.717, 1.165) is 44.1 Å². The van der Waals surface area contributed by atoms with E-state index in [1.54, 1.807) is 0 Å². The van der Waals surface area contributed by atoms with Gasteiger partial charge in [0, 0.05) is 12.6 Å². The van der Waals surface area contributed by atoms with E-state index in [2.05, 4.69) is 16.0 Å². The predicted molar refractivity (Wildman–Crippen MR) is 98.0 cm³/mol. The van der Waals surface area contributed by atoms with Gasteiger partial charge in [-0.2, -0.15) is 0 Å². The van der Waals surface area contributed by atoms with Crippen molar-refractivity contribution in [3.63, 3.8) is 0 Å². The number of urea groups is 1. The van der Waals surface area contributed by atoms with Gasteiger partial charge in [0.15, 0.2) is 0 Å². The lowest BCUT2D eigenvalue weighted by molar-refractivity contribution is -0.128. The first-order valence-corrected chi connectivity index (χ1v) is 9.59. The summed E-state index contributed by atoms with van der Waals surface area (Å²) in [6.45, 7) is 0.465. The topological polar surface area (TPSA) is 70.2 Å². The van der Waals surface area contributed by atoms with Crippen molar-refractivity contribution in [2.75, 3.05) is 0 Å². The first kappa shape index (κ1) is 17.8. The van der Waals surface area contributed by atoms with E-state index in [9.17, 15) is 9.59 Å². The van der Waals surface area contributed by atoms with Gasteiger partial charge in [-0.15, -0.1) is 0 Å². The Bertz CT molecular complexity index is 576. The number of benzene rings is 1. The second-order valence-corrected chi connectivity index (χ2v) is 7.39. The van der Waals surface area contributed by atoms with E-state index in [1.807, 2.05) is 30.3 Å². The molecule has 2 aliphatic rings. The molecule has 0 heterocycles. The molecule has 5 nitrogen and oxygen atoms in total. The van der Waals surface area contributed by atoms with Gasteiger partial charge in [-0.3, -0.25) is 4.79 Å². The molecular formula is C20H29N3O2. The number of amides is 3. The molecule has 3 rings (SSSR count). The number of hydrogen-bond donors (Lipinski definition) is 3. The van der Waals surface area contributed by atoms with Crippen molar-refractivity contribution in [1.82, 2.24) is 16.0 Å². The molecule has 3 N–H and O–H groups in total. The molecule has 0 saturated heterocycles. The summed E-state index contributed by atoms with van der Waals surface area (Å²) in [6, 6.07) is 9.81.